The summed E-state index contributed by atoms with van der Waals surface area (Å²) in [6.07, 6.45) is -0.324. The fourth-order valence-electron chi connectivity index (χ4n) is 4.72. The average molecular weight is 574 g/mol. The predicted octanol–water partition coefficient (Wildman–Crippen LogP) is 3.79. The molecule has 2 amide bonds. The molecule has 0 radical (unpaired) electrons. The van der Waals surface area contributed by atoms with Gasteiger partial charge in [-0.2, -0.15) is 0 Å². The topological polar surface area (TPSA) is 99.1 Å². The summed E-state index contributed by atoms with van der Waals surface area (Å²) < 4.78 is 60.1. The van der Waals surface area contributed by atoms with E-state index in [4.69, 9.17) is 14.2 Å². The molecule has 4 atom stereocenters. The summed E-state index contributed by atoms with van der Waals surface area (Å²) in [5.74, 6) is -4.46. The molecule has 2 unspecified atom stereocenters. The molecule has 1 saturated heterocycles. The molecule has 2 aromatic carbocycles. The minimum atomic E-state index is -1.56. The van der Waals surface area contributed by atoms with E-state index in [0.717, 1.165) is 17.0 Å². The van der Waals surface area contributed by atoms with E-state index in [1.807, 2.05) is 0 Å². The van der Waals surface area contributed by atoms with E-state index in [2.05, 4.69) is 5.32 Å². The van der Waals surface area contributed by atoms with Crippen LogP contribution in [0.3, 0.4) is 0 Å². The number of amides is 2. The molecule has 1 N–H and O–H groups in total. The minimum Gasteiger partial charge on any atom is -0.497 e. The van der Waals surface area contributed by atoms with Crippen molar-refractivity contribution in [1.29, 1.82) is 0 Å². The number of hydrogen-bond acceptors (Lipinski definition) is 6. The van der Waals surface area contributed by atoms with Crippen molar-refractivity contribution in [3.8, 4) is 11.5 Å². The third-order valence-electron chi connectivity index (χ3n) is 6.82. The second kappa shape index (κ2) is 12.5. The quantitative estimate of drug-likeness (QED) is 0.396. The lowest BCUT2D eigenvalue weighted by Crippen LogP contribution is -2.44. The van der Waals surface area contributed by atoms with E-state index in [1.54, 1.807) is 19.2 Å². The zero-order valence-corrected chi connectivity index (χ0v) is 22.9. The third kappa shape index (κ3) is 6.37. The number of aromatic nitrogens is 1. The number of benzene rings is 2. The molecule has 3 aromatic rings. The molecule has 218 valence electrons. The highest BCUT2D eigenvalue weighted by Crippen LogP contribution is 2.36. The van der Waals surface area contributed by atoms with E-state index < -0.39 is 52.9 Å². The first-order chi connectivity index (χ1) is 19.5. The van der Waals surface area contributed by atoms with Crippen molar-refractivity contribution < 1.29 is 37.0 Å². The molecular weight excluding hydrogens is 543 g/mol. The molecule has 0 saturated carbocycles. The van der Waals surface area contributed by atoms with Gasteiger partial charge in [0.2, 0.25) is 12.3 Å². The van der Waals surface area contributed by atoms with Crippen LogP contribution in [0.25, 0.3) is 0 Å². The van der Waals surface area contributed by atoms with Crippen molar-refractivity contribution in [1.82, 2.24) is 9.88 Å². The van der Waals surface area contributed by atoms with Gasteiger partial charge in [0.05, 0.1) is 19.8 Å². The standard InChI is InChI=1S/C29H30F3N3O6/c1-16(39-3)14-34-11-5-6-24(28(34)37)35-15-21(25-22(31)12-20(40-4)13-23(25)32)26(29(35)38)33-27(36)18-7-9-19(10-8-18)41-17(2)30/h5-13,16-17,21,26H,14-15H2,1-4H3,(H,33,36)/t16?,17?,21-,26-/m0/s1. The Bertz CT molecular complexity index is 1450. The molecule has 9 nitrogen and oxygen atoms in total. The highest BCUT2D eigenvalue weighted by Gasteiger charge is 2.46. The second-order valence-corrected chi connectivity index (χ2v) is 9.59. The van der Waals surface area contributed by atoms with Crippen LogP contribution in [0.4, 0.5) is 18.9 Å². The number of carbonyl (C=O) groups excluding carboxylic acids is 2. The van der Waals surface area contributed by atoms with Crippen LogP contribution in [0.1, 0.15) is 35.7 Å². The Kier molecular flexibility index (Phi) is 9.01. The van der Waals surface area contributed by atoms with Gasteiger partial charge in [-0.1, -0.05) is 0 Å². The van der Waals surface area contributed by atoms with E-state index in [9.17, 15) is 18.8 Å². The largest absolute Gasteiger partial charge is 0.497 e. The number of anilines is 1. The van der Waals surface area contributed by atoms with Crippen LogP contribution in [0.5, 0.6) is 11.5 Å². The van der Waals surface area contributed by atoms with Crippen molar-refractivity contribution >= 4 is 17.5 Å². The van der Waals surface area contributed by atoms with E-state index in [-0.39, 0.29) is 41.9 Å². The first kappa shape index (κ1) is 29.7. The van der Waals surface area contributed by atoms with Crippen LogP contribution in [0.2, 0.25) is 0 Å². The van der Waals surface area contributed by atoms with Crippen LogP contribution >= 0.6 is 0 Å². The number of nitrogens with one attached hydrogen (secondary N) is 1. The fraction of sp³-hybridized carbons (Fsp3) is 0.345. The SMILES string of the molecule is COc1cc(F)c([C@@H]2CN(c3cccn(CC(C)OC)c3=O)C(=O)[C@H]2NC(=O)c2ccc(OC(C)F)cc2)c(F)c1. The Morgan fingerprint density at radius 1 is 1.05 bits per heavy atom. The summed E-state index contributed by atoms with van der Waals surface area (Å²) in [4.78, 5) is 41.3. The lowest BCUT2D eigenvalue weighted by molar-refractivity contribution is -0.118. The summed E-state index contributed by atoms with van der Waals surface area (Å²) in [6.45, 7) is 2.89. The van der Waals surface area contributed by atoms with Crippen molar-refractivity contribution in [3.05, 3.63) is 87.8 Å². The van der Waals surface area contributed by atoms with Gasteiger partial charge in [0.15, 0.2) is 0 Å². The lowest BCUT2D eigenvalue weighted by atomic mass is 9.92. The number of ether oxygens (including phenoxy) is 3. The Morgan fingerprint density at radius 3 is 2.29 bits per heavy atom. The number of pyridine rings is 1. The fourth-order valence-corrected chi connectivity index (χ4v) is 4.72. The van der Waals surface area contributed by atoms with Crippen LogP contribution in [0.15, 0.2) is 59.5 Å². The monoisotopic (exact) mass is 573 g/mol. The molecule has 1 aromatic heterocycles. The highest BCUT2D eigenvalue weighted by atomic mass is 19.1. The van der Waals surface area contributed by atoms with Gasteiger partial charge in [0.1, 0.15) is 34.9 Å². The summed E-state index contributed by atoms with van der Waals surface area (Å²) >= 11 is 0. The Hall–Kier alpha value is -4.32. The number of halogens is 3. The number of rotatable bonds is 10. The molecule has 1 fully saturated rings. The summed E-state index contributed by atoms with van der Waals surface area (Å²) in [5.41, 5.74) is -0.861. The maximum atomic E-state index is 15.2. The van der Waals surface area contributed by atoms with Gasteiger partial charge in [-0.25, -0.2) is 13.2 Å². The predicted molar refractivity (Wildman–Crippen MR) is 144 cm³/mol. The maximum Gasteiger partial charge on any atom is 0.274 e. The normalized spacial score (nSPS) is 18.2. The van der Waals surface area contributed by atoms with Crippen molar-refractivity contribution in [2.24, 2.45) is 0 Å². The van der Waals surface area contributed by atoms with Crippen LogP contribution < -0.4 is 25.2 Å². The molecular formula is C29H30F3N3O6. The van der Waals surface area contributed by atoms with Gasteiger partial charge < -0.3 is 29.0 Å². The Balaban J connectivity index is 1.72. The van der Waals surface area contributed by atoms with Gasteiger partial charge in [-0.15, -0.1) is 0 Å². The third-order valence-corrected chi connectivity index (χ3v) is 6.82. The van der Waals surface area contributed by atoms with E-state index in [0.29, 0.717) is 0 Å². The first-order valence-electron chi connectivity index (χ1n) is 12.8. The number of carbonyl (C=O) groups is 2. The van der Waals surface area contributed by atoms with Gasteiger partial charge in [-0.05, 0) is 43.3 Å². The maximum absolute atomic E-state index is 15.2. The van der Waals surface area contributed by atoms with Crippen molar-refractivity contribution in [2.75, 3.05) is 25.7 Å². The smallest absolute Gasteiger partial charge is 0.274 e. The summed E-state index contributed by atoms with van der Waals surface area (Å²) in [5, 5.41) is 2.57. The number of hydrogen-bond donors (Lipinski definition) is 1. The molecule has 41 heavy (non-hydrogen) atoms. The number of alkyl halides is 1. The summed E-state index contributed by atoms with van der Waals surface area (Å²) in [6, 6.07) is 9.02. The van der Waals surface area contributed by atoms with Gasteiger partial charge in [-0.3, -0.25) is 14.4 Å². The zero-order chi connectivity index (χ0) is 29.8. The Labute approximate surface area is 234 Å². The van der Waals surface area contributed by atoms with Crippen LogP contribution in [-0.4, -0.2) is 55.6 Å². The van der Waals surface area contributed by atoms with E-state index >= 15 is 8.78 Å². The van der Waals surface area contributed by atoms with Crippen LogP contribution in [-0.2, 0) is 16.1 Å². The van der Waals surface area contributed by atoms with Gasteiger partial charge in [0, 0.05) is 56.0 Å². The molecule has 1 aliphatic rings. The van der Waals surface area contributed by atoms with Crippen LogP contribution in [0, 0.1) is 11.6 Å². The first-order valence-corrected chi connectivity index (χ1v) is 12.8. The van der Waals surface area contributed by atoms with Crippen molar-refractivity contribution in [3.63, 3.8) is 0 Å². The number of methoxy groups -OCH3 is 2. The second-order valence-electron chi connectivity index (χ2n) is 9.59. The zero-order valence-electron chi connectivity index (χ0n) is 22.9. The molecule has 4 rings (SSSR count). The molecule has 0 aliphatic carbocycles. The lowest BCUT2D eigenvalue weighted by Gasteiger charge is -2.20. The van der Waals surface area contributed by atoms with E-state index in [1.165, 1.54) is 56.0 Å². The molecule has 12 heteroatoms. The van der Waals surface area contributed by atoms with Crippen molar-refractivity contribution in [2.45, 2.75) is 44.8 Å². The minimum absolute atomic E-state index is 0.0151. The average Bonchev–Trinajstić information content (AvgIpc) is 3.24. The number of nitrogens with zero attached hydrogens (tertiary/aromatic N) is 2. The van der Waals surface area contributed by atoms with Gasteiger partial charge in [0.25, 0.3) is 11.5 Å². The molecule has 0 bridgehead atoms. The highest BCUT2D eigenvalue weighted by molar-refractivity contribution is 6.05. The molecule has 0 spiro atoms. The van der Waals surface area contributed by atoms with Gasteiger partial charge >= 0.3 is 0 Å². The summed E-state index contributed by atoms with van der Waals surface area (Å²) in [7, 11) is 2.76. The molecule has 2 heterocycles. The Morgan fingerprint density at radius 2 is 1.71 bits per heavy atom. The molecule has 1 aliphatic heterocycles.